The lowest BCUT2D eigenvalue weighted by molar-refractivity contribution is -0.159. The normalized spacial score (nSPS) is 14.8. The van der Waals surface area contributed by atoms with Gasteiger partial charge in [0.05, 0.1) is 18.5 Å². The number of pyridine rings is 1. The molecule has 0 saturated heterocycles. The zero-order chi connectivity index (χ0) is 18.2. The maximum atomic E-state index is 12.5. The molecule has 0 N–H and O–H groups in total. The highest BCUT2D eigenvalue weighted by Crippen LogP contribution is 2.55. The first kappa shape index (κ1) is 17.9. The maximum absolute atomic E-state index is 12.5. The Kier molecular flexibility index (Phi) is 4.61. The van der Waals surface area contributed by atoms with Gasteiger partial charge in [-0.25, -0.2) is 4.98 Å². The minimum atomic E-state index is -4.71. The van der Waals surface area contributed by atoms with Crippen LogP contribution in [0.4, 0.5) is 13.2 Å². The number of hydrogen-bond acceptors (Lipinski definition) is 6. The summed E-state index contributed by atoms with van der Waals surface area (Å²) in [5.41, 5.74) is 1.12. The second-order valence-corrected chi connectivity index (χ2v) is 8.30. The summed E-state index contributed by atoms with van der Waals surface area (Å²) in [5, 5.41) is 3.32. The van der Waals surface area contributed by atoms with Crippen LogP contribution in [0.5, 0.6) is 0 Å². The van der Waals surface area contributed by atoms with Gasteiger partial charge in [0.25, 0.3) is 6.72 Å². The third-order valence-corrected chi connectivity index (χ3v) is 5.11. The molecule has 0 aliphatic carbocycles. The first-order valence-corrected chi connectivity index (χ1v) is 9.71. The van der Waals surface area contributed by atoms with E-state index in [-0.39, 0.29) is 18.6 Å². The minimum absolute atomic E-state index is 0.0696. The highest BCUT2D eigenvalue weighted by Gasteiger charge is 2.38. The van der Waals surface area contributed by atoms with Crippen molar-refractivity contribution >= 4 is 23.6 Å². The van der Waals surface area contributed by atoms with Crippen LogP contribution in [0, 0.1) is 0 Å². The van der Waals surface area contributed by atoms with Gasteiger partial charge in [0.2, 0.25) is 5.82 Å². The molecule has 0 spiro atoms. The summed E-state index contributed by atoms with van der Waals surface area (Å²) >= 11 is 5.82. The molecule has 0 aliphatic rings. The lowest BCUT2D eigenvalue weighted by Crippen LogP contribution is -2.04. The minimum Gasteiger partial charge on any atom is -0.329 e. The van der Waals surface area contributed by atoms with E-state index in [9.17, 15) is 17.7 Å². The Balaban J connectivity index is 1.90. The molecule has 1 unspecified atom stereocenters. The van der Waals surface area contributed by atoms with Crippen molar-refractivity contribution < 1.29 is 26.8 Å². The van der Waals surface area contributed by atoms with Crippen molar-refractivity contribution in [1.82, 2.24) is 19.5 Å². The summed E-state index contributed by atoms with van der Waals surface area (Å²) in [6.07, 6.45) is -1.62. The molecule has 3 aromatic rings. The zero-order valence-corrected chi connectivity index (χ0v) is 14.3. The van der Waals surface area contributed by atoms with Crippen molar-refractivity contribution in [3.05, 3.63) is 36.1 Å². The highest BCUT2D eigenvalue weighted by atomic mass is 35.7. The predicted molar refractivity (Wildman–Crippen MR) is 82.3 cm³/mol. The van der Waals surface area contributed by atoms with Crippen LogP contribution in [0.1, 0.15) is 18.5 Å². The fourth-order valence-electron chi connectivity index (χ4n) is 2.14. The van der Waals surface area contributed by atoms with Gasteiger partial charge in [0.15, 0.2) is 0 Å². The molecular weight excluding hydrogens is 384 g/mol. The van der Waals surface area contributed by atoms with Crippen LogP contribution < -0.4 is 0 Å². The SMILES string of the molecule is CCOP(=O)(Cl)Cc1cn2ccc(-c3noc(C(F)(F)F)n3)cc2n1. The quantitative estimate of drug-likeness (QED) is 0.597. The van der Waals surface area contributed by atoms with Gasteiger partial charge in [-0.15, -0.1) is 0 Å². The molecule has 3 rings (SSSR count). The lowest BCUT2D eigenvalue weighted by Gasteiger charge is -2.07. The second kappa shape index (κ2) is 6.44. The molecule has 0 amide bonds. The van der Waals surface area contributed by atoms with Gasteiger partial charge in [-0.1, -0.05) is 5.16 Å². The Bertz CT molecular complexity index is 956. The highest BCUT2D eigenvalue weighted by molar-refractivity contribution is 7.84. The van der Waals surface area contributed by atoms with E-state index in [1.807, 2.05) is 0 Å². The third-order valence-electron chi connectivity index (χ3n) is 3.11. The molecule has 3 heterocycles. The molecule has 0 aliphatic heterocycles. The van der Waals surface area contributed by atoms with Crippen LogP contribution in [0.25, 0.3) is 17.0 Å². The van der Waals surface area contributed by atoms with Gasteiger partial charge < -0.3 is 13.4 Å². The molecule has 0 saturated carbocycles. The number of nitrogens with zero attached hydrogens (tertiary/aromatic N) is 4. The molecule has 0 radical (unpaired) electrons. The topological polar surface area (TPSA) is 82.5 Å². The first-order chi connectivity index (χ1) is 11.7. The monoisotopic (exact) mass is 394 g/mol. The summed E-state index contributed by atoms with van der Waals surface area (Å²) in [6, 6.07) is 2.99. The molecule has 1 atom stereocenters. The number of imidazole rings is 1. The van der Waals surface area contributed by atoms with Crippen LogP contribution in [-0.4, -0.2) is 26.1 Å². The van der Waals surface area contributed by atoms with E-state index in [0.717, 1.165) is 0 Å². The van der Waals surface area contributed by atoms with Crippen LogP contribution in [0.2, 0.25) is 0 Å². The first-order valence-electron chi connectivity index (χ1n) is 7.00. The van der Waals surface area contributed by atoms with E-state index in [1.165, 1.54) is 12.1 Å². The van der Waals surface area contributed by atoms with Crippen LogP contribution in [0.3, 0.4) is 0 Å². The number of aromatic nitrogens is 4. The van der Waals surface area contributed by atoms with Crippen LogP contribution >= 0.6 is 18.0 Å². The van der Waals surface area contributed by atoms with Crippen molar-refractivity contribution in [3.8, 4) is 11.4 Å². The van der Waals surface area contributed by atoms with Gasteiger partial charge >= 0.3 is 12.1 Å². The van der Waals surface area contributed by atoms with Gasteiger partial charge in [0, 0.05) is 18.0 Å². The van der Waals surface area contributed by atoms with Crippen molar-refractivity contribution in [1.29, 1.82) is 0 Å². The lowest BCUT2D eigenvalue weighted by atomic mass is 10.2. The van der Waals surface area contributed by atoms with Crippen LogP contribution in [-0.2, 0) is 21.4 Å². The Morgan fingerprint density at radius 2 is 2.16 bits per heavy atom. The largest absolute Gasteiger partial charge is 0.471 e. The van der Waals surface area contributed by atoms with Crippen molar-refractivity contribution in [3.63, 3.8) is 0 Å². The van der Waals surface area contributed by atoms with Crippen molar-refractivity contribution in [2.24, 2.45) is 0 Å². The van der Waals surface area contributed by atoms with E-state index < -0.39 is 18.8 Å². The standard InChI is InChI=1S/C13H11ClF3N4O3P/c1-2-23-25(14,22)7-9-6-21-4-3-8(5-10(21)18-9)11-19-12(24-20-11)13(15,16)17/h3-6H,2,7H2,1H3. The summed E-state index contributed by atoms with van der Waals surface area (Å²) in [7, 11) is 0. The number of rotatable bonds is 5. The molecule has 0 fully saturated rings. The summed E-state index contributed by atoms with van der Waals surface area (Å²) in [5.74, 6) is -1.64. The fourth-order valence-corrected chi connectivity index (χ4v) is 3.81. The molecule has 7 nitrogen and oxygen atoms in total. The molecular formula is C13H11ClF3N4O3P. The van der Waals surface area contributed by atoms with Crippen molar-refractivity contribution in [2.75, 3.05) is 6.61 Å². The average molecular weight is 395 g/mol. The molecule has 25 heavy (non-hydrogen) atoms. The van der Waals surface area contributed by atoms with Crippen molar-refractivity contribution in [2.45, 2.75) is 19.3 Å². The molecule has 0 aromatic carbocycles. The number of fused-ring (bicyclic) bond motifs is 1. The summed E-state index contributed by atoms with van der Waals surface area (Å²) in [4.78, 5) is 7.56. The van der Waals surface area contributed by atoms with Gasteiger partial charge in [-0.2, -0.15) is 18.2 Å². The zero-order valence-electron chi connectivity index (χ0n) is 12.7. The van der Waals surface area contributed by atoms with E-state index in [0.29, 0.717) is 16.9 Å². The maximum Gasteiger partial charge on any atom is 0.471 e. The summed E-state index contributed by atoms with van der Waals surface area (Å²) in [6.45, 7) is -1.45. The van der Waals surface area contributed by atoms with Gasteiger partial charge in [-0.05, 0) is 30.3 Å². The van der Waals surface area contributed by atoms with E-state index >= 15 is 0 Å². The smallest absolute Gasteiger partial charge is 0.329 e. The number of halogens is 4. The average Bonchev–Trinajstić information content (AvgIpc) is 3.11. The molecule has 134 valence electrons. The summed E-state index contributed by atoms with van der Waals surface area (Å²) < 4.78 is 60.4. The molecule has 0 bridgehead atoms. The fraction of sp³-hybridized carbons (Fsp3) is 0.308. The Morgan fingerprint density at radius 1 is 1.40 bits per heavy atom. The molecule has 12 heteroatoms. The number of hydrogen-bond donors (Lipinski definition) is 0. The van der Waals surface area contributed by atoms with E-state index in [2.05, 4.69) is 19.6 Å². The number of alkyl halides is 3. The predicted octanol–water partition coefficient (Wildman–Crippen LogP) is 4.37. The van der Waals surface area contributed by atoms with E-state index in [1.54, 1.807) is 23.7 Å². The molecule has 3 aromatic heterocycles. The Labute approximate surface area is 144 Å². The van der Waals surface area contributed by atoms with Gasteiger partial charge in [0.1, 0.15) is 5.65 Å². The Hall–Kier alpha value is -1.90. The van der Waals surface area contributed by atoms with Crippen LogP contribution in [0.15, 0.2) is 29.0 Å². The Morgan fingerprint density at radius 3 is 2.80 bits per heavy atom. The van der Waals surface area contributed by atoms with E-state index in [4.69, 9.17) is 15.8 Å². The van der Waals surface area contributed by atoms with Gasteiger partial charge in [-0.3, -0.25) is 4.57 Å². The third kappa shape index (κ3) is 4.02. The second-order valence-electron chi connectivity index (χ2n) is 5.00.